The van der Waals surface area contributed by atoms with E-state index in [1.807, 2.05) is 0 Å². The Morgan fingerprint density at radius 3 is 2.95 bits per heavy atom. The highest BCUT2D eigenvalue weighted by molar-refractivity contribution is 7.20. The highest BCUT2D eigenvalue weighted by Crippen LogP contribution is 2.27. The first-order chi connectivity index (χ1) is 9.58. The Kier molecular flexibility index (Phi) is 2.83. The second-order valence-electron chi connectivity index (χ2n) is 4.19. The first-order valence-electron chi connectivity index (χ1n) is 5.69. The highest BCUT2D eigenvalue weighted by Gasteiger charge is 2.19. The average molecular weight is 290 g/mol. The molecule has 0 aliphatic carbocycles. The molecule has 8 nitrogen and oxygen atoms in total. The number of anilines is 1. The third-order valence-electron chi connectivity index (χ3n) is 2.86. The number of aromatic amines is 1. The molecule has 20 heavy (non-hydrogen) atoms. The van der Waals surface area contributed by atoms with Crippen molar-refractivity contribution in [3.05, 3.63) is 33.4 Å². The molecule has 0 unspecified atom stereocenters. The third kappa shape index (κ3) is 1.88. The number of amides is 1. The summed E-state index contributed by atoms with van der Waals surface area (Å²) in [5.74, 6) is -0.0861. The van der Waals surface area contributed by atoms with Crippen LogP contribution in [0.4, 0.5) is 5.95 Å². The smallest absolute Gasteiger partial charge is 0.268 e. The molecule has 0 bridgehead atoms. The zero-order chi connectivity index (χ0) is 14.3. The zero-order valence-corrected chi connectivity index (χ0v) is 11.5. The van der Waals surface area contributed by atoms with Crippen molar-refractivity contribution < 1.29 is 4.79 Å². The van der Waals surface area contributed by atoms with Crippen LogP contribution in [0.3, 0.4) is 0 Å². The number of nitrogens with zero attached hydrogens (tertiary/aromatic N) is 4. The van der Waals surface area contributed by atoms with E-state index in [1.54, 1.807) is 14.0 Å². The number of carbonyl (C=O) groups excluding carboxylic acids is 1. The van der Waals surface area contributed by atoms with Crippen LogP contribution < -0.4 is 10.9 Å². The lowest BCUT2D eigenvalue weighted by Gasteiger charge is -1.99. The molecule has 0 saturated heterocycles. The summed E-state index contributed by atoms with van der Waals surface area (Å²) in [6.45, 7) is 1.73. The molecule has 0 fully saturated rings. The maximum Gasteiger partial charge on any atom is 0.268 e. The van der Waals surface area contributed by atoms with E-state index in [2.05, 4.69) is 25.5 Å². The van der Waals surface area contributed by atoms with Crippen molar-refractivity contribution in [3.63, 3.8) is 0 Å². The molecule has 3 rings (SSSR count). The van der Waals surface area contributed by atoms with Gasteiger partial charge in [-0.1, -0.05) is 0 Å². The van der Waals surface area contributed by atoms with Crippen molar-refractivity contribution in [2.24, 2.45) is 7.05 Å². The molecule has 0 atom stereocenters. The van der Waals surface area contributed by atoms with E-state index in [9.17, 15) is 9.59 Å². The van der Waals surface area contributed by atoms with Gasteiger partial charge < -0.3 is 4.57 Å². The maximum atomic E-state index is 12.2. The number of rotatable bonds is 2. The molecule has 3 aromatic rings. The van der Waals surface area contributed by atoms with Gasteiger partial charge in [0, 0.05) is 7.05 Å². The van der Waals surface area contributed by atoms with Gasteiger partial charge in [0.1, 0.15) is 11.2 Å². The Labute approximate surface area is 116 Å². The average Bonchev–Trinajstić information content (AvgIpc) is 3.02. The van der Waals surface area contributed by atoms with E-state index in [0.717, 1.165) is 0 Å². The topological polar surface area (TPSA) is 106 Å². The molecule has 0 aliphatic heterocycles. The lowest BCUT2D eigenvalue weighted by atomic mass is 10.2. The van der Waals surface area contributed by atoms with Crippen molar-refractivity contribution in [1.82, 2.24) is 24.7 Å². The van der Waals surface area contributed by atoms with Crippen LogP contribution in [0.15, 0.2) is 17.4 Å². The molecule has 3 aromatic heterocycles. The number of carbonyl (C=O) groups is 1. The quantitative estimate of drug-likeness (QED) is 0.721. The third-order valence-corrected chi connectivity index (χ3v) is 4.06. The number of aryl methyl sites for hydroxylation is 2. The SMILES string of the molecule is Cc1c(C(=O)Nc2ncn[nH]2)sc2ncn(C)c(=O)c12. The Hall–Kier alpha value is -2.55. The van der Waals surface area contributed by atoms with Crippen LogP contribution in [0, 0.1) is 6.92 Å². The van der Waals surface area contributed by atoms with Gasteiger partial charge in [0.25, 0.3) is 11.5 Å². The maximum absolute atomic E-state index is 12.2. The molecule has 0 radical (unpaired) electrons. The minimum absolute atomic E-state index is 0.164. The molecule has 0 aliphatic rings. The zero-order valence-electron chi connectivity index (χ0n) is 10.7. The fourth-order valence-electron chi connectivity index (χ4n) is 1.86. The van der Waals surface area contributed by atoms with E-state index >= 15 is 0 Å². The first kappa shape index (κ1) is 12.5. The predicted octanol–water partition coefficient (Wildman–Crippen LogP) is 0.674. The van der Waals surface area contributed by atoms with Gasteiger partial charge in [0.2, 0.25) is 5.95 Å². The summed E-state index contributed by atoms with van der Waals surface area (Å²) in [7, 11) is 1.63. The van der Waals surface area contributed by atoms with Crippen LogP contribution in [0.25, 0.3) is 10.2 Å². The monoisotopic (exact) mass is 290 g/mol. The number of aromatic nitrogens is 5. The van der Waals surface area contributed by atoms with Crippen molar-refractivity contribution >= 4 is 33.4 Å². The standard InChI is InChI=1S/C11H10N6O2S/c1-5-6-9(13-4-17(2)10(6)19)20-7(5)8(18)15-11-12-3-14-16-11/h3-4H,1-2H3,(H2,12,14,15,16,18). The van der Waals surface area contributed by atoms with Crippen molar-refractivity contribution in [2.75, 3.05) is 5.32 Å². The Bertz CT molecular complexity index is 848. The summed E-state index contributed by atoms with van der Waals surface area (Å²) in [5.41, 5.74) is 0.457. The molecule has 9 heteroatoms. The molecule has 102 valence electrons. The minimum Gasteiger partial charge on any atom is -0.302 e. The summed E-state index contributed by atoms with van der Waals surface area (Å²) in [5, 5.41) is 9.24. The van der Waals surface area contributed by atoms with E-state index in [1.165, 1.54) is 28.6 Å². The van der Waals surface area contributed by atoms with Crippen molar-refractivity contribution in [1.29, 1.82) is 0 Å². The van der Waals surface area contributed by atoms with Gasteiger partial charge in [-0.05, 0) is 12.5 Å². The second kappa shape index (κ2) is 4.53. The van der Waals surface area contributed by atoms with Gasteiger partial charge in [0.15, 0.2) is 0 Å². The number of fused-ring (bicyclic) bond motifs is 1. The summed E-state index contributed by atoms with van der Waals surface area (Å²) < 4.78 is 1.39. The summed E-state index contributed by atoms with van der Waals surface area (Å²) >= 11 is 1.18. The van der Waals surface area contributed by atoms with Gasteiger partial charge in [-0.2, -0.15) is 10.1 Å². The normalized spacial score (nSPS) is 10.9. The van der Waals surface area contributed by atoms with Gasteiger partial charge >= 0.3 is 0 Å². The van der Waals surface area contributed by atoms with E-state index in [0.29, 0.717) is 20.7 Å². The Morgan fingerprint density at radius 1 is 1.45 bits per heavy atom. The Morgan fingerprint density at radius 2 is 2.25 bits per heavy atom. The Balaban J connectivity index is 2.09. The van der Waals surface area contributed by atoms with Crippen molar-refractivity contribution in [2.45, 2.75) is 6.92 Å². The molecular weight excluding hydrogens is 280 g/mol. The number of nitrogens with one attached hydrogen (secondary N) is 2. The molecule has 3 heterocycles. The molecular formula is C11H10N6O2S. The number of H-pyrrole nitrogens is 1. The van der Waals surface area contributed by atoms with Gasteiger partial charge in [-0.25, -0.2) is 10.1 Å². The second-order valence-corrected chi connectivity index (χ2v) is 5.18. The van der Waals surface area contributed by atoms with Crippen LogP contribution in [-0.2, 0) is 7.05 Å². The van der Waals surface area contributed by atoms with Crippen LogP contribution in [-0.4, -0.2) is 30.6 Å². The van der Waals surface area contributed by atoms with Gasteiger partial charge in [-0.3, -0.25) is 14.9 Å². The molecule has 0 aromatic carbocycles. The predicted molar refractivity (Wildman–Crippen MR) is 73.9 cm³/mol. The van der Waals surface area contributed by atoms with Crippen LogP contribution in [0.1, 0.15) is 15.2 Å². The van der Waals surface area contributed by atoms with E-state index in [-0.39, 0.29) is 17.4 Å². The van der Waals surface area contributed by atoms with E-state index < -0.39 is 0 Å². The van der Waals surface area contributed by atoms with Crippen molar-refractivity contribution in [3.8, 4) is 0 Å². The summed E-state index contributed by atoms with van der Waals surface area (Å²) in [4.78, 5) is 33.2. The number of hydrogen-bond donors (Lipinski definition) is 2. The van der Waals surface area contributed by atoms with Gasteiger partial charge in [-0.15, -0.1) is 11.3 Å². The van der Waals surface area contributed by atoms with Gasteiger partial charge in [0.05, 0.1) is 16.6 Å². The lowest BCUT2D eigenvalue weighted by molar-refractivity contribution is 0.102. The molecule has 0 spiro atoms. The minimum atomic E-state index is -0.343. The van der Waals surface area contributed by atoms with Crippen LogP contribution >= 0.6 is 11.3 Å². The van der Waals surface area contributed by atoms with Crippen LogP contribution in [0.5, 0.6) is 0 Å². The highest BCUT2D eigenvalue weighted by atomic mass is 32.1. The number of thiophene rings is 1. The number of hydrogen-bond acceptors (Lipinski definition) is 6. The fourth-order valence-corrected chi connectivity index (χ4v) is 2.89. The van der Waals surface area contributed by atoms with Crippen LogP contribution in [0.2, 0.25) is 0 Å². The van der Waals surface area contributed by atoms with E-state index in [4.69, 9.17) is 0 Å². The lowest BCUT2D eigenvalue weighted by Crippen LogP contribution is -2.17. The molecule has 1 amide bonds. The fraction of sp³-hybridized carbons (Fsp3) is 0.182. The molecule has 0 saturated carbocycles. The molecule has 2 N–H and O–H groups in total. The first-order valence-corrected chi connectivity index (χ1v) is 6.51. The summed E-state index contributed by atoms with van der Waals surface area (Å²) in [6.07, 6.45) is 2.74. The largest absolute Gasteiger partial charge is 0.302 e. The summed E-state index contributed by atoms with van der Waals surface area (Å²) in [6, 6.07) is 0.